The number of rotatable bonds is 7. The second kappa shape index (κ2) is 7.84. The Balaban J connectivity index is 1.51. The maximum Gasteiger partial charge on any atom is 0.234 e. The van der Waals surface area contributed by atoms with Gasteiger partial charge in [-0.15, -0.1) is 0 Å². The van der Waals surface area contributed by atoms with Crippen LogP contribution in [-0.2, 0) is 17.9 Å². The van der Waals surface area contributed by atoms with Crippen LogP contribution in [0.2, 0.25) is 0 Å². The molecule has 1 heterocycles. The van der Waals surface area contributed by atoms with Gasteiger partial charge in [0.1, 0.15) is 0 Å². The SMILES string of the molecule is CCN(CC(=O)NCc1ccccc1)Cc1ccc2c(c1)OCO2. The molecule has 1 aliphatic heterocycles. The van der Waals surface area contributed by atoms with Crippen LogP contribution in [0.5, 0.6) is 11.5 Å². The first kappa shape index (κ1) is 16.3. The van der Waals surface area contributed by atoms with Crippen LogP contribution in [0.3, 0.4) is 0 Å². The summed E-state index contributed by atoms with van der Waals surface area (Å²) in [5.74, 6) is 1.58. The van der Waals surface area contributed by atoms with Gasteiger partial charge in [-0.3, -0.25) is 9.69 Å². The molecule has 0 spiro atoms. The second-order valence-corrected chi connectivity index (χ2v) is 5.75. The van der Waals surface area contributed by atoms with Gasteiger partial charge in [-0.2, -0.15) is 0 Å². The van der Waals surface area contributed by atoms with Crippen molar-refractivity contribution in [2.24, 2.45) is 0 Å². The fourth-order valence-corrected chi connectivity index (χ4v) is 2.63. The van der Waals surface area contributed by atoms with Crippen LogP contribution in [0, 0.1) is 0 Å². The standard InChI is InChI=1S/C19H22N2O3/c1-2-21(12-16-8-9-17-18(10-16)24-14-23-17)13-19(22)20-11-15-6-4-3-5-7-15/h3-10H,2,11-14H2,1H3,(H,20,22). The van der Waals surface area contributed by atoms with E-state index in [1.807, 2.05) is 48.5 Å². The molecule has 5 heteroatoms. The van der Waals surface area contributed by atoms with E-state index in [-0.39, 0.29) is 12.7 Å². The van der Waals surface area contributed by atoms with Crippen LogP contribution < -0.4 is 14.8 Å². The maximum absolute atomic E-state index is 12.2. The molecule has 0 radical (unpaired) electrons. The van der Waals surface area contributed by atoms with Crippen molar-refractivity contribution < 1.29 is 14.3 Å². The largest absolute Gasteiger partial charge is 0.454 e. The van der Waals surface area contributed by atoms with Crippen LogP contribution in [0.15, 0.2) is 48.5 Å². The molecule has 0 bridgehead atoms. The lowest BCUT2D eigenvalue weighted by Crippen LogP contribution is -2.36. The number of amides is 1. The predicted molar refractivity (Wildman–Crippen MR) is 91.8 cm³/mol. The molecular formula is C19H22N2O3. The van der Waals surface area contributed by atoms with Gasteiger partial charge in [0.2, 0.25) is 12.7 Å². The Hall–Kier alpha value is -2.53. The first-order chi connectivity index (χ1) is 11.7. The van der Waals surface area contributed by atoms with Gasteiger partial charge in [0.05, 0.1) is 6.54 Å². The lowest BCUT2D eigenvalue weighted by Gasteiger charge is -2.20. The summed E-state index contributed by atoms with van der Waals surface area (Å²) >= 11 is 0. The average molecular weight is 326 g/mol. The van der Waals surface area contributed by atoms with Gasteiger partial charge in [-0.1, -0.05) is 43.3 Å². The highest BCUT2D eigenvalue weighted by molar-refractivity contribution is 5.78. The topological polar surface area (TPSA) is 50.8 Å². The Labute approximate surface area is 142 Å². The lowest BCUT2D eigenvalue weighted by molar-refractivity contribution is -0.122. The zero-order valence-electron chi connectivity index (χ0n) is 13.8. The van der Waals surface area contributed by atoms with Crippen molar-refractivity contribution in [1.82, 2.24) is 10.2 Å². The van der Waals surface area contributed by atoms with E-state index < -0.39 is 0 Å². The Bertz CT molecular complexity index is 688. The molecule has 2 aromatic rings. The van der Waals surface area contributed by atoms with E-state index in [1.54, 1.807) is 0 Å². The molecule has 5 nitrogen and oxygen atoms in total. The number of likely N-dealkylation sites (N-methyl/N-ethyl adjacent to an activating group) is 1. The predicted octanol–water partition coefficient (Wildman–Crippen LogP) is 2.55. The molecule has 0 saturated carbocycles. The molecule has 1 aliphatic rings. The zero-order chi connectivity index (χ0) is 16.8. The number of hydrogen-bond donors (Lipinski definition) is 1. The van der Waals surface area contributed by atoms with Gasteiger partial charge >= 0.3 is 0 Å². The fraction of sp³-hybridized carbons (Fsp3) is 0.316. The first-order valence-electron chi connectivity index (χ1n) is 8.16. The summed E-state index contributed by atoms with van der Waals surface area (Å²) in [5.41, 5.74) is 2.21. The van der Waals surface area contributed by atoms with Gasteiger partial charge in [0, 0.05) is 13.1 Å². The van der Waals surface area contributed by atoms with Crippen molar-refractivity contribution >= 4 is 5.91 Å². The molecule has 126 valence electrons. The summed E-state index contributed by atoms with van der Waals surface area (Å²) in [7, 11) is 0. The third kappa shape index (κ3) is 4.26. The zero-order valence-corrected chi connectivity index (χ0v) is 13.8. The van der Waals surface area contributed by atoms with Crippen molar-refractivity contribution in [2.75, 3.05) is 19.9 Å². The lowest BCUT2D eigenvalue weighted by atomic mass is 10.2. The molecule has 0 unspecified atom stereocenters. The Morgan fingerprint density at radius 2 is 1.88 bits per heavy atom. The van der Waals surface area contributed by atoms with Crippen LogP contribution in [0.25, 0.3) is 0 Å². The molecule has 2 aromatic carbocycles. The molecule has 0 atom stereocenters. The van der Waals surface area contributed by atoms with Gasteiger partial charge in [-0.25, -0.2) is 0 Å². The number of fused-ring (bicyclic) bond motifs is 1. The highest BCUT2D eigenvalue weighted by atomic mass is 16.7. The molecule has 1 N–H and O–H groups in total. The van der Waals surface area contributed by atoms with Gasteiger partial charge in [0.15, 0.2) is 11.5 Å². The number of carbonyl (C=O) groups is 1. The molecule has 1 amide bonds. The van der Waals surface area contributed by atoms with E-state index in [4.69, 9.17) is 9.47 Å². The van der Waals surface area contributed by atoms with Crippen LogP contribution >= 0.6 is 0 Å². The highest BCUT2D eigenvalue weighted by Crippen LogP contribution is 2.32. The first-order valence-corrected chi connectivity index (χ1v) is 8.16. The van der Waals surface area contributed by atoms with E-state index >= 15 is 0 Å². The second-order valence-electron chi connectivity index (χ2n) is 5.75. The van der Waals surface area contributed by atoms with Gasteiger partial charge in [-0.05, 0) is 29.8 Å². The normalized spacial score (nSPS) is 12.4. The Morgan fingerprint density at radius 1 is 1.08 bits per heavy atom. The summed E-state index contributed by atoms with van der Waals surface area (Å²) in [6.45, 7) is 4.76. The number of nitrogens with one attached hydrogen (secondary N) is 1. The minimum atomic E-state index is 0.0291. The Morgan fingerprint density at radius 3 is 2.67 bits per heavy atom. The van der Waals surface area contributed by atoms with E-state index in [9.17, 15) is 4.79 Å². The fourth-order valence-electron chi connectivity index (χ4n) is 2.63. The third-order valence-corrected chi connectivity index (χ3v) is 3.99. The minimum Gasteiger partial charge on any atom is -0.454 e. The number of nitrogens with zero attached hydrogens (tertiary/aromatic N) is 1. The third-order valence-electron chi connectivity index (χ3n) is 3.99. The smallest absolute Gasteiger partial charge is 0.234 e. The van der Waals surface area contributed by atoms with Crippen LogP contribution in [0.4, 0.5) is 0 Å². The van der Waals surface area contributed by atoms with Crippen LogP contribution in [-0.4, -0.2) is 30.7 Å². The van der Waals surface area contributed by atoms with E-state index in [2.05, 4.69) is 17.1 Å². The highest BCUT2D eigenvalue weighted by Gasteiger charge is 2.15. The van der Waals surface area contributed by atoms with Crippen LogP contribution in [0.1, 0.15) is 18.1 Å². The van der Waals surface area contributed by atoms with E-state index in [1.165, 1.54) is 0 Å². The Kier molecular flexibility index (Phi) is 5.33. The van der Waals surface area contributed by atoms with Crippen molar-refractivity contribution in [2.45, 2.75) is 20.0 Å². The van der Waals surface area contributed by atoms with E-state index in [0.717, 1.165) is 29.2 Å². The average Bonchev–Trinajstić information content (AvgIpc) is 3.08. The number of ether oxygens (including phenoxy) is 2. The molecule has 3 rings (SSSR count). The summed E-state index contributed by atoms with van der Waals surface area (Å²) in [4.78, 5) is 14.3. The number of benzene rings is 2. The van der Waals surface area contributed by atoms with Gasteiger partial charge < -0.3 is 14.8 Å². The minimum absolute atomic E-state index is 0.0291. The molecule has 0 aromatic heterocycles. The van der Waals surface area contributed by atoms with Crippen molar-refractivity contribution in [1.29, 1.82) is 0 Å². The summed E-state index contributed by atoms with van der Waals surface area (Å²) in [5, 5.41) is 2.97. The summed E-state index contributed by atoms with van der Waals surface area (Å²) in [6.07, 6.45) is 0. The molecule has 0 aliphatic carbocycles. The van der Waals surface area contributed by atoms with Gasteiger partial charge in [0.25, 0.3) is 0 Å². The molecule has 0 fully saturated rings. The molecule has 0 saturated heterocycles. The summed E-state index contributed by atoms with van der Waals surface area (Å²) in [6, 6.07) is 15.8. The molecule has 24 heavy (non-hydrogen) atoms. The van der Waals surface area contributed by atoms with Crippen molar-refractivity contribution in [3.05, 3.63) is 59.7 Å². The molecular weight excluding hydrogens is 304 g/mol. The quantitative estimate of drug-likeness (QED) is 0.849. The monoisotopic (exact) mass is 326 g/mol. The number of hydrogen-bond acceptors (Lipinski definition) is 4. The van der Waals surface area contributed by atoms with Crippen molar-refractivity contribution in [3.63, 3.8) is 0 Å². The number of carbonyl (C=O) groups excluding carboxylic acids is 1. The van der Waals surface area contributed by atoms with Crippen molar-refractivity contribution in [3.8, 4) is 11.5 Å². The maximum atomic E-state index is 12.2. The van der Waals surface area contributed by atoms with E-state index in [0.29, 0.717) is 19.6 Å². The summed E-state index contributed by atoms with van der Waals surface area (Å²) < 4.78 is 10.7.